The lowest BCUT2D eigenvalue weighted by molar-refractivity contribution is 0.102. The predicted octanol–water partition coefficient (Wildman–Crippen LogP) is 3.56. The van der Waals surface area contributed by atoms with Crippen molar-refractivity contribution in [2.24, 2.45) is 0 Å². The van der Waals surface area contributed by atoms with Crippen LogP contribution < -0.4 is 15.5 Å². The summed E-state index contributed by atoms with van der Waals surface area (Å²) in [4.78, 5) is 20.1. The highest BCUT2D eigenvalue weighted by atomic mass is 19.3. The number of piperazine rings is 1. The van der Waals surface area contributed by atoms with Crippen LogP contribution in [0.2, 0.25) is 0 Å². The van der Waals surface area contributed by atoms with Crippen molar-refractivity contribution in [3.05, 3.63) is 35.9 Å². The molecule has 3 aromatic heterocycles. The average Bonchev–Trinajstić information content (AvgIpc) is 3.55. The topological polar surface area (TPSA) is 92.4 Å². The van der Waals surface area contributed by atoms with Gasteiger partial charge in [0.25, 0.3) is 12.3 Å². The summed E-state index contributed by atoms with van der Waals surface area (Å²) in [5.41, 5.74) is 0.282. The van der Waals surface area contributed by atoms with E-state index in [1.54, 1.807) is 10.9 Å². The third kappa shape index (κ3) is 3.91. The molecule has 3 aliphatic rings. The van der Waals surface area contributed by atoms with E-state index in [4.69, 9.17) is 4.98 Å². The van der Waals surface area contributed by atoms with Crippen LogP contribution in [0.5, 0.6) is 0 Å². The highest BCUT2D eigenvalue weighted by Crippen LogP contribution is 2.33. The molecule has 11 heteroatoms. The van der Waals surface area contributed by atoms with Crippen molar-refractivity contribution < 1.29 is 13.6 Å². The monoisotopic (exact) mass is 470 g/mol. The van der Waals surface area contributed by atoms with Gasteiger partial charge in [-0.25, -0.2) is 18.3 Å². The number of halogens is 2. The molecule has 2 aliphatic heterocycles. The fraction of sp³-hybridized carbons (Fsp3) is 0.565. The van der Waals surface area contributed by atoms with Gasteiger partial charge in [0.05, 0.1) is 17.9 Å². The first-order valence-corrected chi connectivity index (χ1v) is 12.1. The molecule has 180 valence electrons. The molecule has 9 nitrogen and oxygen atoms in total. The third-order valence-corrected chi connectivity index (χ3v) is 7.30. The van der Waals surface area contributed by atoms with Gasteiger partial charge in [0.15, 0.2) is 11.3 Å². The number of fused-ring (bicyclic) bond motifs is 3. The van der Waals surface area contributed by atoms with Gasteiger partial charge in [0.1, 0.15) is 11.4 Å². The predicted molar refractivity (Wildman–Crippen MR) is 122 cm³/mol. The van der Waals surface area contributed by atoms with Crippen LogP contribution in [-0.4, -0.2) is 55.5 Å². The molecule has 6 rings (SSSR count). The zero-order chi connectivity index (χ0) is 23.2. The van der Waals surface area contributed by atoms with Gasteiger partial charge in [-0.15, -0.1) is 0 Å². The van der Waals surface area contributed by atoms with E-state index in [1.807, 2.05) is 6.07 Å². The van der Waals surface area contributed by atoms with Gasteiger partial charge >= 0.3 is 0 Å². The normalized spacial score (nSPS) is 23.2. The Labute approximate surface area is 195 Å². The van der Waals surface area contributed by atoms with E-state index in [-0.39, 0.29) is 17.3 Å². The molecule has 1 amide bonds. The third-order valence-electron chi connectivity index (χ3n) is 7.30. The number of hydrogen-bond donors (Lipinski definition) is 2. The lowest BCUT2D eigenvalue weighted by Crippen LogP contribution is -2.51. The smallest absolute Gasteiger partial charge is 0.284 e. The molecule has 2 N–H and O–H groups in total. The van der Waals surface area contributed by atoms with Gasteiger partial charge in [0, 0.05) is 37.6 Å². The van der Waals surface area contributed by atoms with E-state index in [0.29, 0.717) is 17.7 Å². The molecule has 2 atom stereocenters. The highest BCUT2D eigenvalue weighted by Gasteiger charge is 2.33. The molecule has 5 heterocycles. The molecule has 0 radical (unpaired) electrons. The zero-order valence-corrected chi connectivity index (χ0v) is 18.8. The maximum Gasteiger partial charge on any atom is 0.284 e. The maximum absolute atomic E-state index is 13.7. The summed E-state index contributed by atoms with van der Waals surface area (Å²) in [6.07, 6.45) is 9.37. The second-order valence-corrected chi connectivity index (χ2v) is 9.61. The fourth-order valence-electron chi connectivity index (χ4n) is 5.56. The van der Waals surface area contributed by atoms with Crippen molar-refractivity contribution in [2.75, 3.05) is 23.3 Å². The van der Waals surface area contributed by atoms with Crippen LogP contribution in [0.25, 0.3) is 5.65 Å². The SMILES string of the molecule is O=C(Nc1cn(C2CCCCC2)nc1C(F)F)c1cnn2ccc(N3CC4CCC(C3)N4)nc12. The Kier molecular flexibility index (Phi) is 5.43. The number of nitrogens with one attached hydrogen (secondary N) is 2. The summed E-state index contributed by atoms with van der Waals surface area (Å²) in [7, 11) is 0. The fourth-order valence-corrected chi connectivity index (χ4v) is 5.56. The molecule has 2 saturated heterocycles. The van der Waals surface area contributed by atoms with Gasteiger partial charge < -0.3 is 15.5 Å². The standard InChI is InChI=1S/C23H28F2N8O/c24-21(25)20-18(13-33(30-20)16-4-2-1-3-5-16)28-23(34)17-10-26-32-9-8-19(29-22(17)32)31-11-14-6-7-15(12-31)27-14/h8-10,13-16,21,27H,1-7,11-12H2,(H,28,34). The maximum atomic E-state index is 13.7. The Balaban J connectivity index is 1.26. The van der Waals surface area contributed by atoms with Crippen molar-refractivity contribution in [1.82, 2.24) is 29.7 Å². The molecular weight excluding hydrogens is 442 g/mol. The summed E-state index contributed by atoms with van der Waals surface area (Å²) in [5, 5.41) is 14.6. The number of anilines is 2. The number of carbonyl (C=O) groups is 1. The molecule has 3 aromatic rings. The summed E-state index contributed by atoms with van der Waals surface area (Å²) in [6.45, 7) is 1.74. The summed E-state index contributed by atoms with van der Waals surface area (Å²) >= 11 is 0. The van der Waals surface area contributed by atoms with Crippen LogP contribution in [0.4, 0.5) is 20.3 Å². The quantitative estimate of drug-likeness (QED) is 0.593. The molecule has 1 aliphatic carbocycles. The van der Waals surface area contributed by atoms with Crippen LogP contribution in [0.3, 0.4) is 0 Å². The Morgan fingerprint density at radius 3 is 2.62 bits per heavy atom. The molecule has 0 spiro atoms. The molecule has 3 fully saturated rings. The van der Waals surface area contributed by atoms with Crippen LogP contribution in [0, 0.1) is 0 Å². The first-order chi connectivity index (χ1) is 16.5. The summed E-state index contributed by atoms with van der Waals surface area (Å²) in [6, 6.07) is 2.90. The molecule has 0 aromatic carbocycles. The minimum Gasteiger partial charge on any atom is -0.353 e. The first-order valence-electron chi connectivity index (χ1n) is 12.1. The highest BCUT2D eigenvalue weighted by molar-refractivity contribution is 6.08. The lowest BCUT2D eigenvalue weighted by Gasteiger charge is -2.33. The van der Waals surface area contributed by atoms with Crippen molar-refractivity contribution in [1.29, 1.82) is 0 Å². The van der Waals surface area contributed by atoms with Gasteiger partial charge in [-0.2, -0.15) is 10.2 Å². The lowest BCUT2D eigenvalue weighted by atomic mass is 9.96. The van der Waals surface area contributed by atoms with E-state index >= 15 is 0 Å². The van der Waals surface area contributed by atoms with Crippen molar-refractivity contribution in [3.63, 3.8) is 0 Å². The molecule has 34 heavy (non-hydrogen) atoms. The Bertz CT molecular complexity index is 1190. The Morgan fingerprint density at radius 2 is 1.88 bits per heavy atom. The van der Waals surface area contributed by atoms with Crippen LogP contribution >= 0.6 is 0 Å². The molecule has 2 unspecified atom stereocenters. The van der Waals surface area contributed by atoms with Gasteiger partial charge in [-0.05, 0) is 31.7 Å². The first kappa shape index (κ1) is 21.5. The molecule has 2 bridgehead atoms. The van der Waals surface area contributed by atoms with Crippen LogP contribution in [-0.2, 0) is 0 Å². The van der Waals surface area contributed by atoms with E-state index in [2.05, 4.69) is 25.7 Å². The van der Waals surface area contributed by atoms with E-state index < -0.39 is 18.0 Å². The molecule has 1 saturated carbocycles. The van der Waals surface area contributed by atoms with E-state index in [1.165, 1.54) is 16.9 Å². The van der Waals surface area contributed by atoms with Crippen molar-refractivity contribution in [2.45, 2.75) is 69.5 Å². The number of amides is 1. The summed E-state index contributed by atoms with van der Waals surface area (Å²) in [5.74, 6) is 0.268. The van der Waals surface area contributed by atoms with Gasteiger partial charge in [0.2, 0.25) is 0 Å². The van der Waals surface area contributed by atoms with Gasteiger partial charge in [-0.1, -0.05) is 19.3 Å². The minimum atomic E-state index is -2.78. The number of carbonyl (C=O) groups excluding carboxylic acids is 1. The summed E-state index contributed by atoms with van der Waals surface area (Å²) < 4.78 is 30.6. The van der Waals surface area contributed by atoms with E-state index in [9.17, 15) is 13.6 Å². The Hall–Kier alpha value is -3.08. The second-order valence-electron chi connectivity index (χ2n) is 9.61. The number of nitrogens with zero attached hydrogens (tertiary/aromatic N) is 6. The number of rotatable bonds is 5. The van der Waals surface area contributed by atoms with Crippen molar-refractivity contribution in [3.8, 4) is 0 Å². The minimum absolute atomic E-state index is 0.0414. The largest absolute Gasteiger partial charge is 0.353 e. The van der Waals surface area contributed by atoms with Crippen LogP contribution in [0.1, 0.15) is 73.5 Å². The second kappa shape index (κ2) is 8.61. The molecular formula is C23H28F2N8O. The van der Waals surface area contributed by atoms with Crippen molar-refractivity contribution >= 4 is 23.1 Å². The number of alkyl halides is 2. The zero-order valence-electron chi connectivity index (χ0n) is 18.8. The van der Waals surface area contributed by atoms with E-state index in [0.717, 1.165) is 63.9 Å². The average molecular weight is 471 g/mol. The Morgan fingerprint density at radius 1 is 1.12 bits per heavy atom. The van der Waals surface area contributed by atoms with Gasteiger partial charge in [-0.3, -0.25) is 9.48 Å². The van der Waals surface area contributed by atoms with Crippen LogP contribution in [0.15, 0.2) is 24.7 Å². The number of aromatic nitrogens is 5. The number of hydrogen-bond acceptors (Lipinski definition) is 6.